The molecule has 2 aromatic carbocycles. The van der Waals surface area contributed by atoms with E-state index in [2.05, 4.69) is 32.9 Å². The molecule has 0 atom stereocenters. The summed E-state index contributed by atoms with van der Waals surface area (Å²) in [6.45, 7) is 1.66. The number of likely N-dealkylation sites (tertiary alicyclic amines) is 1. The van der Waals surface area contributed by atoms with Gasteiger partial charge in [0, 0.05) is 36.5 Å². The number of nitrogens with zero attached hydrogens (tertiary/aromatic N) is 3. The smallest absolute Gasteiger partial charge is 0.251 e. The number of aromatic nitrogens is 3. The zero-order valence-corrected chi connectivity index (χ0v) is 16.8. The molecule has 7 nitrogen and oxygen atoms in total. The highest BCUT2D eigenvalue weighted by Gasteiger charge is 2.53. The first kappa shape index (κ1) is 18.8. The number of fused-ring (bicyclic) bond motifs is 1. The van der Waals surface area contributed by atoms with E-state index in [9.17, 15) is 9.59 Å². The minimum atomic E-state index is -0.0760. The van der Waals surface area contributed by atoms with Crippen molar-refractivity contribution in [1.82, 2.24) is 25.6 Å². The summed E-state index contributed by atoms with van der Waals surface area (Å²) in [7, 11) is 0. The molecule has 1 aromatic heterocycles. The van der Waals surface area contributed by atoms with Gasteiger partial charge in [-0.15, -0.1) is 5.10 Å². The first-order valence-electron chi connectivity index (χ1n) is 10.5. The summed E-state index contributed by atoms with van der Waals surface area (Å²) in [5.74, 6) is 0.179. The van der Waals surface area contributed by atoms with E-state index in [0.29, 0.717) is 17.5 Å². The molecule has 2 aliphatic rings. The van der Waals surface area contributed by atoms with Crippen LogP contribution < -0.4 is 5.32 Å². The number of hydrogen-bond acceptors (Lipinski definition) is 4. The zero-order chi connectivity index (χ0) is 20.6. The third-order valence-electron chi connectivity index (χ3n) is 6.39. The molecular weight excluding hydrogens is 378 g/mol. The number of aryl methyl sites for hydroxylation is 1. The van der Waals surface area contributed by atoms with E-state index in [1.165, 1.54) is 5.56 Å². The van der Waals surface area contributed by atoms with Crippen molar-refractivity contribution < 1.29 is 9.59 Å². The SMILES string of the molecule is O=C(NC1CC2(C1)CN(C(=O)CCCc1ccccc1)C2)c1ccc2[nH]nnc2c1. The van der Waals surface area contributed by atoms with E-state index in [0.717, 1.165) is 44.3 Å². The summed E-state index contributed by atoms with van der Waals surface area (Å²) in [4.78, 5) is 26.9. The highest BCUT2D eigenvalue weighted by molar-refractivity contribution is 5.97. The molecule has 2 heterocycles. The Morgan fingerprint density at radius 1 is 1.13 bits per heavy atom. The Balaban J connectivity index is 1.04. The summed E-state index contributed by atoms with van der Waals surface area (Å²) in [6, 6.07) is 15.8. The zero-order valence-electron chi connectivity index (χ0n) is 16.8. The Hall–Kier alpha value is -3.22. The minimum absolute atomic E-state index is 0.0760. The number of benzene rings is 2. The number of amides is 2. The van der Waals surface area contributed by atoms with Crippen LogP contribution in [0, 0.1) is 5.41 Å². The predicted octanol–water partition coefficient (Wildman–Crippen LogP) is 2.70. The number of aromatic amines is 1. The normalized spacial score (nSPS) is 17.5. The lowest BCUT2D eigenvalue weighted by atomic mass is 9.60. The topological polar surface area (TPSA) is 91.0 Å². The van der Waals surface area contributed by atoms with Gasteiger partial charge < -0.3 is 10.2 Å². The number of hydrogen-bond donors (Lipinski definition) is 2. The maximum atomic E-state index is 12.5. The minimum Gasteiger partial charge on any atom is -0.349 e. The van der Waals surface area contributed by atoms with Gasteiger partial charge in [0.05, 0.1) is 5.52 Å². The van der Waals surface area contributed by atoms with Crippen LogP contribution in [0.1, 0.15) is 41.6 Å². The van der Waals surface area contributed by atoms with Crippen molar-refractivity contribution in [2.75, 3.05) is 13.1 Å². The van der Waals surface area contributed by atoms with Gasteiger partial charge in [-0.25, -0.2) is 0 Å². The largest absolute Gasteiger partial charge is 0.349 e. The number of rotatable bonds is 6. The summed E-state index contributed by atoms with van der Waals surface area (Å²) in [6.07, 6.45) is 4.33. The van der Waals surface area contributed by atoms with E-state index in [1.54, 1.807) is 12.1 Å². The molecule has 0 bridgehead atoms. The maximum absolute atomic E-state index is 12.5. The number of carbonyl (C=O) groups excluding carboxylic acids is 2. The molecule has 1 saturated carbocycles. The molecule has 1 spiro atoms. The molecule has 0 radical (unpaired) electrons. The fourth-order valence-electron chi connectivity index (χ4n) is 4.78. The Kier molecular flexibility index (Phi) is 4.73. The van der Waals surface area contributed by atoms with Crippen LogP contribution >= 0.6 is 0 Å². The van der Waals surface area contributed by atoms with Gasteiger partial charge in [-0.2, -0.15) is 0 Å². The van der Waals surface area contributed by atoms with Gasteiger partial charge in [-0.1, -0.05) is 35.5 Å². The lowest BCUT2D eigenvalue weighted by molar-refractivity contribution is -0.151. The van der Waals surface area contributed by atoms with Crippen LogP contribution in [0.5, 0.6) is 0 Å². The first-order chi connectivity index (χ1) is 14.6. The van der Waals surface area contributed by atoms with Crippen LogP contribution in [0.3, 0.4) is 0 Å². The molecule has 2 N–H and O–H groups in total. The molecule has 3 aromatic rings. The van der Waals surface area contributed by atoms with E-state index in [1.807, 2.05) is 29.2 Å². The summed E-state index contributed by atoms with van der Waals surface area (Å²) < 4.78 is 0. The summed E-state index contributed by atoms with van der Waals surface area (Å²) in [5.41, 5.74) is 3.60. The van der Waals surface area contributed by atoms with Crippen molar-refractivity contribution in [3.05, 3.63) is 59.7 Å². The van der Waals surface area contributed by atoms with Crippen molar-refractivity contribution in [2.24, 2.45) is 5.41 Å². The Labute approximate surface area is 174 Å². The third-order valence-corrected chi connectivity index (χ3v) is 6.39. The van der Waals surface area contributed by atoms with Crippen LogP contribution in [0.25, 0.3) is 11.0 Å². The van der Waals surface area contributed by atoms with Crippen LogP contribution in [0.4, 0.5) is 0 Å². The second-order valence-corrected chi connectivity index (χ2v) is 8.71. The number of carbonyl (C=O) groups is 2. The van der Waals surface area contributed by atoms with E-state index in [4.69, 9.17) is 0 Å². The Morgan fingerprint density at radius 3 is 2.73 bits per heavy atom. The average Bonchev–Trinajstić information content (AvgIpc) is 3.17. The highest BCUT2D eigenvalue weighted by Crippen LogP contribution is 2.48. The standard InChI is InChI=1S/C23H25N5O2/c29-21(8-4-7-16-5-2-1-3-6-16)28-14-23(15-28)12-18(13-23)24-22(30)17-9-10-19-20(11-17)26-27-25-19/h1-3,5-6,9-11,18H,4,7-8,12-15H2,(H,24,30)(H,25,26,27). The van der Waals surface area contributed by atoms with Crippen LogP contribution in [-0.4, -0.2) is 51.3 Å². The molecular formula is C23H25N5O2. The molecule has 2 fully saturated rings. The highest BCUT2D eigenvalue weighted by atomic mass is 16.2. The summed E-state index contributed by atoms with van der Waals surface area (Å²) >= 11 is 0. The quantitative estimate of drug-likeness (QED) is 0.662. The van der Waals surface area contributed by atoms with Crippen molar-refractivity contribution in [3.63, 3.8) is 0 Å². The van der Waals surface area contributed by atoms with Crippen LogP contribution in [-0.2, 0) is 11.2 Å². The van der Waals surface area contributed by atoms with E-state index < -0.39 is 0 Å². The molecule has 1 aliphatic heterocycles. The molecule has 7 heteroatoms. The number of H-pyrrole nitrogens is 1. The Bertz CT molecular complexity index is 1060. The van der Waals surface area contributed by atoms with Gasteiger partial charge >= 0.3 is 0 Å². The second-order valence-electron chi connectivity index (χ2n) is 8.71. The molecule has 0 unspecified atom stereocenters. The van der Waals surface area contributed by atoms with Gasteiger partial charge in [0.1, 0.15) is 5.52 Å². The van der Waals surface area contributed by atoms with E-state index >= 15 is 0 Å². The molecule has 1 saturated heterocycles. The van der Waals surface area contributed by atoms with Crippen molar-refractivity contribution in [1.29, 1.82) is 0 Å². The van der Waals surface area contributed by atoms with Crippen molar-refractivity contribution >= 4 is 22.8 Å². The fourth-order valence-corrected chi connectivity index (χ4v) is 4.78. The van der Waals surface area contributed by atoms with Gasteiger partial charge in [0.25, 0.3) is 5.91 Å². The van der Waals surface area contributed by atoms with Gasteiger partial charge in [-0.3, -0.25) is 14.7 Å². The molecule has 30 heavy (non-hydrogen) atoms. The van der Waals surface area contributed by atoms with Crippen LogP contribution in [0.2, 0.25) is 0 Å². The molecule has 5 rings (SSSR count). The summed E-state index contributed by atoms with van der Waals surface area (Å²) in [5, 5.41) is 13.6. The third kappa shape index (κ3) is 3.67. The van der Waals surface area contributed by atoms with Gasteiger partial charge in [-0.05, 0) is 49.4 Å². The van der Waals surface area contributed by atoms with Gasteiger partial charge in [0.15, 0.2) is 0 Å². The fraction of sp³-hybridized carbons (Fsp3) is 0.391. The average molecular weight is 403 g/mol. The first-order valence-corrected chi connectivity index (χ1v) is 10.5. The lowest BCUT2D eigenvalue weighted by Gasteiger charge is -2.59. The Morgan fingerprint density at radius 2 is 1.93 bits per heavy atom. The lowest BCUT2D eigenvalue weighted by Crippen LogP contribution is -2.67. The van der Waals surface area contributed by atoms with Crippen molar-refractivity contribution in [3.8, 4) is 0 Å². The molecule has 1 aliphatic carbocycles. The predicted molar refractivity (Wildman–Crippen MR) is 113 cm³/mol. The monoisotopic (exact) mass is 403 g/mol. The van der Waals surface area contributed by atoms with Crippen molar-refractivity contribution in [2.45, 2.75) is 38.1 Å². The van der Waals surface area contributed by atoms with Gasteiger partial charge in [0.2, 0.25) is 5.91 Å². The second kappa shape index (κ2) is 7.55. The maximum Gasteiger partial charge on any atom is 0.251 e. The molecule has 2 amide bonds. The molecule has 154 valence electrons. The number of nitrogens with one attached hydrogen (secondary N) is 2. The van der Waals surface area contributed by atoms with E-state index in [-0.39, 0.29) is 23.3 Å². The van der Waals surface area contributed by atoms with Crippen LogP contribution in [0.15, 0.2) is 48.5 Å².